The first-order valence-corrected chi connectivity index (χ1v) is 29.5. The van der Waals surface area contributed by atoms with E-state index < -0.39 is 21.6 Å². The van der Waals surface area contributed by atoms with Crippen molar-refractivity contribution in [3.05, 3.63) is 35.9 Å². The summed E-state index contributed by atoms with van der Waals surface area (Å²) in [6.45, 7) is 45.1. The lowest BCUT2D eigenvalue weighted by atomic mass is 10.1. The Morgan fingerprint density at radius 2 is 0.551 bits per heavy atom. The van der Waals surface area contributed by atoms with E-state index in [2.05, 4.69) is 83.1 Å². The van der Waals surface area contributed by atoms with Gasteiger partial charge in [-0.05, 0) is 82.6 Å². The Labute approximate surface area is 433 Å². The monoisotopic (exact) mass is 1030 g/mol. The largest absolute Gasteiger partial charge is 1.00 e. The topological polar surface area (TPSA) is 97.3 Å². The third-order valence-corrected chi connectivity index (χ3v) is 13.7. The summed E-state index contributed by atoms with van der Waals surface area (Å²) in [4.78, 5) is 10.1. The summed E-state index contributed by atoms with van der Waals surface area (Å²) in [7, 11) is -6.09. The second-order valence-electron chi connectivity index (χ2n) is 19.5. The fourth-order valence-electron chi connectivity index (χ4n) is 8.51. The van der Waals surface area contributed by atoms with Crippen LogP contribution in [0.5, 0.6) is 0 Å². The molecule has 1 aromatic rings. The zero-order chi connectivity index (χ0) is 52.6. The third kappa shape index (κ3) is 43.8. The van der Waals surface area contributed by atoms with E-state index in [9.17, 15) is 23.1 Å². The molecule has 0 saturated heterocycles. The van der Waals surface area contributed by atoms with Gasteiger partial charge in [0.25, 0.3) is 0 Å². The molecule has 0 unspecified atom stereocenters. The molecule has 1 rings (SSSR count). The third-order valence-electron chi connectivity index (χ3n) is 13.1. The number of quaternary nitrogens is 3. The van der Waals surface area contributed by atoms with E-state index >= 15 is 0 Å². The fraction of sp³-hybridized carbons (Fsp3) is 0.875. The molecule has 0 aromatic heterocycles. The Kier molecular flexibility index (Phi) is 55.5. The molecule has 0 N–H and O–H groups in total. The number of rotatable bonds is 37. The van der Waals surface area contributed by atoms with E-state index in [-0.39, 0.29) is 18.0 Å². The fourth-order valence-corrected chi connectivity index (χ4v) is 8.51. The Bertz CT molecular complexity index is 1130. The first-order chi connectivity index (χ1) is 32.3. The molecule has 0 atom stereocenters. The van der Waals surface area contributed by atoms with Gasteiger partial charge in [-0.1, -0.05) is 190 Å². The molecule has 13 heteroatoms. The smallest absolute Gasteiger partial charge is 0.485 e. The molecule has 0 heterocycles. The average Bonchev–Trinajstić information content (AvgIpc) is 3.33. The van der Waals surface area contributed by atoms with Gasteiger partial charge in [0.2, 0.25) is 0 Å². The number of nitrogens with zero attached hydrogens (tertiary/aromatic N) is 3. The van der Waals surface area contributed by atoms with Gasteiger partial charge in [0.05, 0.1) is 84.5 Å². The number of hydrogen-bond acceptors (Lipinski definition) is 5. The molecule has 0 saturated carbocycles. The van der Waals surface area contributed by atoms with Crippen molar-refractivity contribution in [2.45, 2.75) is 243 Å². The number of carbonyl (C=O) groups excluding carboxylic acids is 1. The molecule has 0 fully saturated rings. The maximum atomic E-state index is 10.7. The summed E-state index contributed by atoms with van der Waals surface area (Å²) >= 11 is 0. The van der Waals surface area contributed by atoms with Crippen molar-refractivity contribution >= 4 is 16.1 Å². The zero-order valence-electron chi connectivity index (χ0n) is 47.1. The molecule has 8 nitrogen and oxygen atoms in total. The highest BCUT2D eigenvalue weighted by Gasteiger charge is 2.37. The molecular formula is C56H113ClF3N3O5S. The van der Waals surface area contributed by atoms with Crippen molar-refractivity contribution in [1.29, 1.82) is 0 Å². The van der Waals surface area contributed by atoms with Crippen molar-refractivity contribution < 1.29 is 61.9 Å². The molecule has 0 aliphatic rings. The number of aromatic carboxylic acids is 1. The van der Waals surface area contributed by atoms with E-state index in [1.165, 1.54) is 258 Å². The molecular weight excluding hydrogens is 919 g/mol. The first kappa shape index (κ1) is 76.5. The van der Waals surface area contributed by atoms with Gasteiger partial charge in [-0.2, -0.15) is 13.2 Å². The lowest BCUT2D eigenvalue weighted by Gasteiger charge is -2.39. The van der Waals surface area contributed by atoms with Crippen LogP contribution in [0.2, 0.25) is 0 Å². The minimum absolute atomic E-state index is 0. The van der Waals surface area contributed by atoms with Crippen LogP contribution < -0.4 is 17.5 Å². The van der Waals surface area contributed by atoms with Crippen molar-refractivity contribution in [1.82, 2.24) is 0 Å². The molecule has 69 heavy (non-hydrogen) atoms. The van der Waals surface area contributed by atoms with Gasteiger partial charge in [0.1, 0.15) is 0 Å². The number of carbonyl (C=O) groups is 1. The Morgan fingerprint density at radius 3 is 0.638 bits per heavy atom. The number of halogens is 4. The van der Waals surface area contributed by atoms with Gasteiger partial charge in [-0.3, -0.25) is 0 Å². The Morgan fingerprint density at radius 1 is 0.406 bits per heavy atom. The van der Waals surface area contributed by atoms with E-state index in [0.29, 0.717) is 0 Å². The highest BCUT2D eigenvalue weighted by molar-refractivity contribution is 7.86. The molecule has 0 spiro atoms. The quantitative estimate of drug-likeness (QED) is 0.0376. The van der Waals surface area contributed by atoms with E-state index in [1.807, 2.05) is 0 Å². The predicted molar refractivity (Wildman–Crippen MR) is 285 cm³/mol. The second kappa shape index (κ2) is 50.1. The van der Waals surface area contributed by atoms with Gasteiger partial charge >= 0.3 is 5.51 Å². The average molecular weight is 1030 g/mol. The molecule has 416 valence electrons. The molecule has 0 bridgehead atoms. The molecule has 0 aliphatic heterocycles. The number of carboxylic acids is 1. The van der Waals surface area contributed by atoms with Crippen LogP contribution in [0.15, 0.2) is 30.3 Å². The number of benzene rings is 1. The standard InChI is InChI=1S/3C16H36N.C7H6O2.CHF3O3S.ClH/c3*1-5-9-13-17(14-10-6-2,15-11-7-3)16-12-8-4;8-7(9)6-4-2-1-3-5-6;2-1(3,4)8(5,6)7;/h3*5-16H2,1-4H3;1-5H,(H,8,9);(H,5,6,7);1H/q3*+1;;;/p-3. The van der Waals surface area contributed by atoms with E-state index in [1.54, 1.807) is 18.2 Å². The van der Waals surface area contributed by atoms with E-state index in [4.69, 9.17) is 13.0 Å². The van der Waals surface area contributed by atoms with Gasteiger partial charge in [0, 0.05) is 0 Å². The summed E-state index contributed by atoms with van der Waals surface area (Å²) in [6.07, 6.45) is 33.2. The maximum Gasteiger partial charge on any atom is 0.485 e. The number of carboxylic acid groups (broad SMARTS) is 1. The highest BCUT2D eigenvalue weighted by atomic mass is 35.5. The van der Waals surface area contributed by atoms with Crippen molar-refractivity contribution in [3.63, 3.8) is 0 Å². The van der Waals surface area contributed by atoms with E-state index in [0.717, 1.165) is 0 Å². The van der Waals surface area contributed by atoms with Crippen LogP contribution in [0.3, 0.4) is 0 Å². The first-order valence-electron chi connectivity index (χ1n) is 28.1. The van der Waals surface area contributed by atoms with Crippen molar-refractivity contribution in [2.24, 2.45) is 0 Å². The van der Waals surface area contributed by atoms with Crippen molar-refractivity contribution in [2.75, 3.05) is 78.5 Å². The Hall–Kier alpha value is -1.44. The summed E-state index contributed by atoms with van der Waals surface area (Å²) in [5.74, 6) is -1.13. The van der Waals surface area contributed by atoms with Gasteiger partial charge in [-0.15, -0.1) is 0 Å². The number of alkyl halides is 3. The second-order valence-corrected chi connectivity index (χ2v) is 20.9. The van der Waals surface area contributed by atoms with Gasteiger partial charge in [-0.25, -0.2) is 8.42 Å². The van der Waals surface area contributed by atoms with Crippen LogP contribution in [0.25, 0.3) is 0 Å². The predicted octanol–water partition coefficient (Wildman–Crippen LogP) is 12.1. The van der Waals surface area contributed by atoms with Crippen LogP contribution >= 0.6 is 0 Å². The lowest BCUT2D eigenvalue weighted by molar-refractivity contribution is -0.929. The van der Waals surface area contributed by atoms with Crippen LogP contribution in [-0.2, 0) is 10.1 Å². The van der Waals surface area contributed by atoms with Gasteiger partial charge < -0.3 is 40.3 Å². The minimum atomic E-state index is -6.09. The Balaban J connectivity index is -0.000000253. The van der Waals surface area contributed by atoms with Crippen LogP contribution in [-0.4, -0.2) is 116 Å². The molecule has 0 radical (unpaired) electrons. The van der Waals surface area contributed by atoms with Crippen LogP contribution in [0.4, 0.5) is 13.2 Å². The minimum Gasteiger partial charge on any atom is -1.00 e. The number of unbranched alkanes of at least 4 members (excludes halogenated alkanes) is 12. The molecule has 0 aliphatic carbocycles. The zero-order valence-corrected chi connectivity index (χ0v) is 48.7. The summed E-state index contributed by atoms with van der Waals surface area (Å²) in [5.41, 5.74) is -5.43. The normalized spacial score (nSPS) is 11.7. The SMILES string of the molecule is CCCC[N+](CCCC)(CCCC)CCCC.CCCC[N+](CCCC)(CCCC)CCCC.CCCC[N+](CCCC)(CCCC)CCCC.O=C([O-])c1ccccc1.O=S(=O)([O-])C(F)(F)F.[Cl-]. The van der Waals surface area contributed by atoms with Crippen LogP contribution in [0, 0.1) is 0 Å². The molecule has 1 aromatic carbocycles. The summed E-state index contributed by atoms with van der Waals surface area (Å²) < 4.78 is 63.2. The molecule has 0 amide bonds. The summed E-state index contributed by atoms with van der Waals surface area (Å²) in [6, 6.07) is 8.06. The lowest BCUT2D eigenvalue weighted by Crippen LogP contribution is -3.00. The highest BCUT2D eigenvalue weighted by Crippen LogP contribution is 2.21. The van der Waals surface area contributed by atoms with Gasteiger partial charge in [0.15, 0.2) is 10.1 Å². The summed E-state index contributed by atoms with van der Waals surface area (Å²) in [5, 5.41) is 10.1. The van der Waals surface area contributed by atoms with Crippen LogP contribution in [0.1, 0.15) is 248 Å². The van der Waals surface area contributed by atoms with Crippen molar-refractivity contribution in [3.8, 4) is 0 Å². The number of hydrogen-bond donors (Lipinski definition) is 0. The maximum absolute atomic E-state index is 10.7.